The van der Waals surface area contributed by atoms with Gasteiger partial charge in [-0.2, -0.15) is 0 Å². The Bertz CT molecular complexity index is 511. The van der Waals surface area contributed by atoms with Crippen LogP contribution in [-0.4, -0.2) is 50.6 Å². The van der Waals surface area contributed by atoms with Crippen molar-refractivity contribution in [3.05, 3.63) is 29.3 Å². The molecule has 0 aliphatic heterocycles. The van der Waals surface area contributed by atoms with Gasteiger partial charge >= 0.3 is 0 Å². The molecule has 0 radical (unpaired) electrons. The molecule has 0 saturated heterocycles. The van der Waals surface area contributed by atoms with Crippen molar-refractivity contribution >= 4 is 17.5 Å². The maximum Gasteiger partial charge on any atom is 0.253 e. The molecule has 1 unspecified atom stereocenters. The quantitative estimate of drug-likeness (QED) is 0.819. The van der Waals surface area contributed by atoms with Crippen molar-refractivity contribution in [2.24, 2.45) is 5.73 Å². The van der Waals surface area contributed by atoms with Crippen LogP contribution in [0.25, 0.3) is 0 Å². The number of carbonyl (C=O) groups excluding carboxylic acids is 2. The Kier molecular flexibility index (Phi) is 6.33. The number of hydrogen-bond donors (Lipinski definition) is 2. The van der Waals surface area contributed by atoms with Crippen LogP contribution in [0.3, 0.4) is 0 Å². The summed E-state index contributed by atoms with van der Waals surface area (Å²) in [5.41, 5.74) is 7.54. The molecule has 21 heavy (non-hydrogen) atoms. The van der Waals surface area contributed by atoms with Gasteiger partial charge in [-0.1, -0.05) is 6.07 Å². The van der Waals surface area contributed by atoms with E-state index in [-0.39, 0.29) is 30.9 Å². The van der Waals surface area contributed by atoms with E-state index in [1.54, 1.807) is 26.2 Å². The van der Waals surface area contributed by atoms with Gasteiger partial charge in [-0.15, -0.1) is 0 Å². The van der Waals surface area contributed by atoms with Crippen molar-refractivity contribution in [2.75, 3.05) is 33.1 Å². The molecule has 0 saturated carbocycles. The molecule has 0 aliphatic rings. The number of nitrogens with one attached hydrogen (secondary N) is 1. The lowest BCUT2D eigenvalue weighted by Crippen LogP contribution is -2.28. The Morgan fingerprint density at radius 3 is 2.57 bits per heavy atom. The first-order valence-corrected chi connectivity index (χ1v) is 6.74. The fraction of sp³-hybridized carbons (Fsp3) is 0.467. The van der Waals surface area contributed by atoms with E-state index in [1.165, 1.54) is 12.0 Å². The predicted molar refractivity (Wildman–Crippen MR) is 82.3 cm³/mol. The Labute approximate surface area is 125 Å². The van der Waals surface area contributed by atoms with Gasteiger partial charge in [-0.05, 0) is 24.6 Å². The number of ether oxygens (including phenoxy) is 1. The molecular formula is C15H23N3O3. The molecular weight excluding hydrogens is 270 g/mol. The monoisotopic (exact) mass is 293 g/mol. The normalized spacial score (nSPS) is 11.9. The summed E-state index contributed by atoms with van der Waals surface area (Å²) in [6, 6.07) is 5.23. The maximum atomic E-state index is 12.0. The van der Waals surface area contributed by atoms with Crippen LogP contribution in [0.2, 0.25) is 0 Å². The van der Waals surface area contributed by atoms with Gasteiger partial charge in [0, 0.05) is 39.0 Å². The Morgan fingerprint density at radius 1 is 1.38 bits per heavy atom. The van der Waals surface area contributed by atoms with Gasteiger partial charge in [0.1, 0.15) is 0 Å². The van der Waals surface area contributed by atoms with Gasteiger partial charge in [0.2, 0.25) is 5.91 Å². The number of hydrogen-bond acceptors (Lipinski definition) is 4. The third kappa shape index (κ3) is 4.84. The van der Waals surface area contributed by atoms with E-state index in [1.807, 2.05) is 13.0 Å². The minimum Gasteiger partial charge on any atom is -0.380 e. The van der Waals surface area contributed by atoms with Gasteiger partial charge in [0.25, 0.3) is 5.91 Å². The number of methoxy groups -OCH3 is 1. The number of benzene rings is 1. The molecule has 6 nitrogen and oxygen atoms in total. The van der Waals surface area contributed by atoms with E-state index >= 15 is 0 Å². The zero-order chi connectivity index (χ0) is 16.0. The van der Waals surface area contributed by atoms with E-state index < -0.39 is 0 Å². The molecule has 1 rings (SSSR count). The number of rotatable bonds is 6. The topological polar surface area (TPSA) is 84.7 Å². The third-order valence-corrected chi connectivity index (χ3v) is 3.17. The third-order valence-electron chi connectivity index (χ3n) is 3.17. The zero-order valence-corrected chi connectivity index (χ0v) is 13.0. The lowest BCUT2D eigenvalue weighted by molar-refractivity contribution is -0.118. The molecule has 0 spiro atoms. The summed E-state index contributed by atoms with van der Waals surface area (Å²) in [5.74, 6) is -0.299. The summed E-state index contributed by atoms with van der Waals surface area (Å²) < 4.78 is 5.08. The number of aryl methyl sites for hydroxylation is 1. The highest BCUT2D eigenvalue weighted by atomic mass is 16.5. The van der Waals surface area contributed by atoms with E-state index in [2.05, 4.69) is 5.32 Å². The first-order chi connectivity index (χ1) is 9.88. The fourth-order valence-electron chi connectivity index (χ4n) is 1.82. The molecule has 1 aromatic carbocycles. The molecule has 116 valence electrons. The second-order valence-corrected chi connectivity index (χ2v) is 5.07. The predicted octanol–water partition coefficient (Wildman–Crippen LogP) is 0.999. The number of nitrogens with zero attached hydrogens (tertiary/aromatic N) is 1. The van der Waals surface area contributed by atoms with Gasteiger partial charge in [-0.25, -0.2) is 0 Å². The SMILES string of the molecule is COC(CN)CC(=O)Nc1cc(C(=O)N(C)C)ccc1C. The zero-order valence-electron chi connectivity index (χ0n) is 13.0. The fourth-order valence-corrected chi connectivity index (χ4v) is 1.82. The van der Waals surface area contributed by atoms with Crippen molar-refractivity contribution in [3.8, 4) is 0 Å². The van der Waals surface area contributed by atoms with Gasteiger partial charge in [-0.3, -0.25) is 9.59 Å². The van der Waals surface area contributed by atoms with Crippen LogP contribution >= 0.6 is 0 Å². The summed E-state index contributed by atoms with van der Waals surface area (Å²) >= 11 is 0. The number of anilines is 1. The molecule has 0 heterocycles. The average Bonchev–Trinajstić information content (AvgIpc) is 2.46. The smallest absolute Gasteiger partial charge is 0.253 e. The summed E-state index contributed by atoms with van der Waals surface area (Å²) in [5, 5.41) is 2.80. The largest absolute Gasteiger partial charge is 0.380 e. The van der Waals surface area contributed by atoms with Gasteiger partial charge < -0.3 is 20.7 Å². The van der Waals surface area contributed by atoms with Crippen molar-refractivity contribution < 1.29 is 14.3 Å². The van der Waals surface area contributed by atoms with Gasteiger partial charge in [0.15, 0.2) is 0 Å². The van der Waals surface area contributed by atoms with Crippen molar-refractivity contribution in [3.63, 3.8) is 0 Å². The van der Waals surface area contributed by atoms with E-state index in [4.69, 9.17) is 10.5 Å². The molecule has 0 bridgehead atoms. The number of amides is 2. The van der Waals surface area contributed by atoms with Crippen molar-refractivity contribution in [1.82, 2.24) is 4.90 Å². The first kappa shape index (κ1) is 17.1. The molecule has 0 fully saturated rings. The second kappa shape index (κ2) is 7.75. The van der Waals surface area contributed by atoms with Crippen LogP contribution in [0.5, 0.6) is 0 Å². The summed E-state index contributed by atoms with van der Waals surface area (Å²) in [6.45, 7) is 2.15. The minimum absolute atomic E-state index is 0.109. The second-order valence-electron chi connectivity index (χ2n) is 5.07. The summed E-state index contributed by atoms with van der Waals surface area (Å²) in [7, 11) is 4.89. The standard InChI is InChI=1S/C15H23N3O3/c1-10-5-6-11(15(20)18(2)3)7-13(10)17-14(19)8-12(9-16)21-4/h5-7,12H,8-9,16H2,1-4H3,(H,17,19). The Morgan fingerprint density at radius 2 is 2.05 bits per heavy atom. The maximum absolute atomic E-state index is 12.0. The molecule has 6 heteroatoms. The Hall–Kier alpha value is -1.92. The van der Waals surface area contributed by atoms with Crippen LogP contribution in [0.1, 0.15) is 22.3 Å². The Balaban J connectivity index is 2.85. The lowest BCUT2D eigenvalue weighted by atomic mass is 10.1. The van der Waals surface area contributed by atoms with Crippen LogP contribution < -0.4 is 11.1 Å². The highest BCUT2D eigenvalue weighted by Gasteiger charge is 2.14. The van der Waals surface area contributed by atoms with Crippen molar-refractivity contribution in [1.29, 1.82) is 0 Å². The molecule has 1 atom stereocenters. The summed E-state index contributed by atoms with van der Waals surface area (Å²) in [6.07, 6.45) is -0.130. The number of nitrogens with two attached hydrogens (primary N) is 1. The number of carbonyl (C=O) groups is 2. The average molecular weight is 293 g/mol. The van der Waals surface area contributed by atoms with Crippen LogP contribution in [0, 0.1) is 6.92 Å². The van der Waals surface area contributed by atoms with Crippen molar-refractivity contribution in [2.45, 2.75) is 19.4 Å². The van der Waals surface area contributed by atoms with E-state index in [0.717, 1.165) is 5.56 Å². The molecule has 1 aromatic rings. The van der Waals surface area contributed by atoms with Crippen LogP contribution in [0.4, 0.5) is 5.69 Å². The highest BCUT2D eigenvalue weighted by molar-refractivity contribution is 5.97. The summed E-state index contributed by atoms with van der Waals surface area (Å²) in [4.78, 5) is 25.4. The van der Waals surface area contributed by atoms with E-state index in [0.29, 0.717) is 11.3 Å². The van der Waals surface area contributed by atoms with Crippen LogP contribution in [0.15, 0.2) is 18.2 Å². The molecule has 2 amide bonds. The molecule has 3 N–H and O–H groups in total. The lowest BCUT2D eigenvalue weighted by Gasteiger charge is -2.15. The minimum atomic E-state index is -0.308. The van der Waals surface area contributed by atoms with Gasteiger partial charge in [0.05, 0.1) is 12.5 Å². The first-order valence-electron chi connectivity index (χ1n) is 6.74. The molecule has 0 aromatic heterocycles. The van der Waals surface area contributed by atoms with Crippen LogP contribution in [-0.2, 0) is 9.53 Å². The highest BCUT2D eigenvalue weighted by Crippen LogP contribution is 2.18. The molecule has 0 aliphatic carbocycles. The van der Waals surface area contributed by atoms with E-state index in [9.17, 15) is 9.59 Å².